The summed E-state index contributed by atoms with van der Waals surface area (Å²) in [5, 5.41) is 0. The zero-order valence-corrected chi connectivity index (χ0v) is 8.45. The molecule has 0 fully saturated rings. The first-order chi connectivity index (χ1) is 6.86. The third kappa shape index (κ3) is 4.27. The minimum atomic E-state index is 1.04. The summed E-state index contributed by atoms with van der Waals surface area (Å²) in [6.07, 6.45) is 5.62. The van der Waals surface area contributed by atoms with Crippen LogP contribution in [0.1, 0.15) is 5.56 Å². The molecule has 0 nitrogen and oxygen atoms in total. The molecule has 0 aliphatic carbocycles. The molecule has 0 heteroatoms. The Balaban J connectivity index is 0.000000791. The summed E-state index contributed by atoms with van der Waals surface area (Å²) < 4.78 is 0. The molecule has 0 heterocycles. The summed E-state index contributed by atoms with van der Waals surface area (Å²) >= 11 is 0. The van der Waals surface area contributed by atoms with E-state index in [1.807, 2.05) is 36.4 Å². The van der Waals surface area contributed by atoms with Crippen LogP contribution >= 0.6 is 0 Å². The Morgan fingerprint density at radius 3 is 1.86 bits per heavy atom. The van der Waals surface area contributed by atoms with Gasteiger partial charge in [0.15, 0.2) is 0 Å². The van der Waals surface area contributed by atoms with Crippen LogP contribution in [0, 0.1) is 0 Å². The molecule has 0 saturated carbocycles. The number of hydrogen-bond donors (Lipinski definition) is 0. The van der Waals surface area contributed by atoms with Crippen LogP contribution in [0.5, 0.6) is 0 Å². The lowest BCUT2D eigenvalue weighted by molar-refractivity contribution is 1.64. The molecule has 1 rings (SSSR count). The van der Waals surface area contributed by atoms with Crippen molar-refractivity contribution < 1.29 is 0 Å². The summed E-state index contributed by atoms with van der Waals surface area (Å²) in [7, 11) is 0. The molecular formula is C14H16. The molecule has 0 bridgehead atoms. The Kier molecular flexibility index (Phi) is 6.79. The highest BCUT2D eigenvalue weighted by atomic mass is 13.9. The van der Waals surface area contributed by atoms with Gasteiger partial charge in [-0.1, -0.05) is 55.6 Å². The van der Waals surface area contributed by atoms with Gasteiger partial charge in [-0.25, -0.2) is 0 Å². The maximum absolute atomic E-state index is 3.69. The molecule has 0 N–H and O–H groups in total. The van der Waals surface area contributed by atoms with E-state index in [0.717, 1.165) is 5.57 Å². The van der Waals surface area contributed by atoms with E-state index in [1.54, 1.807) is 12.2 Å². The Morgan fingerprint density at radius 1 is 0.929 bits per heavy atom. The van der Waals surface area contributed by atoms with Crippen LogP contribution in [0.4, 0.5) is 0 Å². The fraction of sp³-hybridized carbons (Fsp3) is 0. The van der Waals surface area contributed by atoms with Crippen LogP contribution in [-0.4, -0.2) is 0 Å². The maximum Gasteiger partial charge on any atom is -0.0251 e. The van der Waals surface area contributed by atoms with Gasteiger partial charge in [-0.3, -0.25) is 0 Å². The summed E-state index contributed by atoms with van der Waals surface area (Å²) in [6, 6.07) is 10.1. The van der Waals surface area contributed by atoms with Crippen LogP contribution in [0.15, 0.2) is 74.4 Å². The van der Waals surface area contributed by atoms with Gasteiger partial charge in [0.05, 0.1) is 0 Å². The second-order valence-electron chi connectivity index (χ2n) is 2.46. The molecule has 0 aliphatic rings. The molecule has 0 spiro atoms. The lowest BCUT2D eigenvalue weighted by Gasteiger charge is -1.93. The van der Waals surface area contributed by atoms with E-state index in [9.17, 15) is 0 Å². The standard InChI is InChI=1S/C12H12.C2H4/c1-3-11(4-2)10-12-8-6-5-7-9-12;1-2/h3-10H,1-2H2;1-2H2. The Labute approximate surface area is 86.6 Å². The van der Waals surface area contributed by atoms with Crippen molar-refractivity contribution in [3.05, 3.63) is 79.9 Å². The van der Waals surface area contributed by atoms with Crippen LogP contribution in [0.25, 0.3) is 6.08 Å². The second kappa shape index (κ2) is 7.81. The van der Waals surface area contributed by atoms with Gasteiger partial charge in [-0.2, -0.15) is 0 Å². The molecule has 0 unspecified atom stereocenters. The molecular weight excluding hydrogens is 168 g/mol. The van der Waals surface area contributed by atoms with Crippen LogP contribution in [0.3, 0.4) is 0 Å². The van der Waals surface area contributed by atoms with E-state index in [4.69, 9.17) is 0 Å². The van der Waals surface area contributed by atoms with Crippen molar-refractivity contribution in [2.75, 3.05) is 0 Å². The van der Waals surface area contributed by atoms with E-state index in [0.29, 0.717) is 0 Å². The van der Waals surface area contributed by atoms with Crippen molar-refractivity contribution in [2.24, 2.45) is 0 Å². The summed E-state index contributed by atoms with van der Waals surface area (Å²) in [5.41, 5.74) is 2.22. The van der Waals surface area contributed by atoms with Gasteiger partial charge < -0.3 is 0 Å². The fourth-order valence-corrected chi connectivity index (χ4v) is 0.943. The Morgan fingerprint density at radius 2 is 1.43 bits per heavy atom. The first-order valence-electron chi connectivity index (χ1n) is 4.38. The lowest BCUT2D eigenvalue weighted by Crippen LogP contribution is -1.72. The van der Waals surface area contributed by atoms with Gasteiger partial charge in [0, 0.05) is 0 Å². The molecule has 0 aromatic heterocycles. The zero-order valence-electron chi connectivity index (χ0n) is 8.45. The largest absolute Gasteiger partial charge is 0.106 e. The monoisotopic (exact) mass is 184 g/mol. The second-order valence-corrected chi connectivity index (χ2v) is 2.46. The van der Waals surface area contributed by atoms with E-state index >= 15 is 0 Å². The molecule has 0 aliphatic heterocycles. The van der Waals surface area contributed by atoms with Crippen molar-refractivity contribution in [3.63, 3.8) is 0 Å². The van der Waals surface area contributed by atoms with Gasteiger partial charge >= 0.3 is 0 Å². The molecule has 0 radical (unpaired) electrons. The SMILES string of the molecule is C=C.C=CC(C=C)=Cc1ccccc1. The normalized spacial score (nSPS) is 7.71. The highest BCUT2D eigenvalue weighted by Gasteiger charge is 1.85. The van der Waals surface area contributed by atoms with Gasteiger partial charge in [0.2, 0.25) is 0 Å². The highest BCUT2D eigenvalue weighted by molar-refractivity contribution is 5.58. The van der Waals surface area contributed by atoms with Crippen LogP contribution < -0.4 is 0 Å². The third-order valence-corrected chi connectivity index (χ3v) is 1.60. The van der Waals surface area contributed by atoms with Crippen molar-refractivity contribution in [1.82, 2.24) is 0 Å². The number of benzene rings is 1. The smallest absolute Gasteiger partial charge is 0.0251 e. The van der Waals surface area contributed by atoms with Gasteiger partial charge in [-0.05, 0) is 17.2 Å². The topological polar surface area (TPSA) is 0 Å². The Bertz CT molecular complexity index is 294. The van der Waals surface area contributed by atoms with E-state index in [1.165, 1.54) is 5.56 Å². The third-order valence-electron chi connectivity index (χ3n) is 1.60. The van der Waals surface area contributed by atoms with Crippen molar-refractivity contribution in [3.8, 4) is 0 Å². The predicted molar refractivity (Wildman–Crippen MR) is 66.1 cm³/mol. The quantitative estimate of drug-likeness (QED) is 0.486. The van der Waals surface area contributed by atoms with E-state index in [2.05, 4.69) is 26.3 Å². The molecule has 0 amide bonds. The van der Waals surface area contributed by atoms with Crippen molar-refractivity contribution in [1.29, 1.82) is 0 Å². The van der Waals surface area contributed by atoms with Crippen LogP contribution in [0.2, 0.25) is 0 Å². The number of hydrogen-bond acceptors (Lipinski definition) is 0. The van der Waals surface area contributed by atoms with E-state index in [-0.39, 0.29) is 0 Å². The zero-order chi connectivity index (χ0) is 10.8. The summed E-state index contributed by atoms with van der Waals surface area (Å²) in [4.78, 5) is 0. The predicted octanol–water partition coefficient (Wildman–Crippen LogP) is 4.24. The fourth-order valence-electron chi connectivity index (χ4n) is 0.943. The minimum Gasteiger partial charge on any atom is -0.106 e. The van der Waals surface area contributed by atoms with Crippen LogP contribution in [-0.2, 0) is 0 Å². The number of rotatable bonds is 3. The molecule has 0 atom stereocenters. The van der Waals surface area contributed by atoms with Gasteiger partial charge in [-0.15, -0.1) is 13.2 Å². The lowest BCUT2D eigenvalue weighted by atomic mass is 10.1. The molecule has 72 valence electrons. The van der Waals surface area contributed by atoms with Gasteiger partial charge in [0.1, 0.15) is 0 Å². The first kappa shape index (κ1) is 12.2. The highest BCUT2D eigenvalue weighted by Crippen LogP contribution is 2.07. The average molecular weight is 184 g/mol. The average Bonchev–Trinajstić information content (AvgIpc) is 2.30. The maximum atomic E-state index is 3.69. The van der Waals surface area contributed by atoms with E-state index < -0.39 is 0 Å². The first-order valence-corrected chi connectivity index (χ1v) is 4.38. The Hall–Kier alpha value is -1.82. The molecule has 0 saturated heterocycles. The van der Waals surface area contributed by atoms with Crippen molar-refractivity contribution >= 4 is 6.08 Å². The molecule has 1 aromatic rings. The summed E-state index contributed by atoms with van der Waals surface area (Å²) in [5.74, 6) is 0. The molecule has 14 heavy (non-hydrogen) atoms. The number of allylic oxidation sites excluding steroid dienone is 3. The van der Waals surface area contributed by atoms with Gasteiger partial charge in [0.25, 0.3) is 0 Å². The summed E-state index contributed by atoms with van der Waals surface area (Å²) in [6.45, 7) is 13.4. The molecule has 1 aromatic carbocycles. The minimum absolute atomic E-state index is 1.04. The van der Waals surface area contributed by atoms with Crippen molar-refractivity contribution in [2.45, 2.75) is 0 Å².